The Hall–Kier alpha value is -0.610. The highest BCUT2D eigenvalue weighted by molar-refractivity contribution is 5.69. The summed E-state index contributed by atoms with van der Waals surface area (Å²) in [6, 6.07) is 0. The van der Waals surface area contributed by atoms with Crippen LogP contribution >= 0.6 is 0 Å². The van der Waals surface area contributed by atoms with Crippen molar-refractivity contribution in [3.05, 3.63) is 0 Å². The van der Waals surface area contributed by atoms with Gasteiger partial charge in [0.05, 0.1) is 13.0 Å². The maximum atomic E-state index is 10.8. The van der Waals surface area contributed by atoms with Crippen molar-refractivity contribution >= 4 is 5.97 Å². The van der Waals surface area contributed by atoms with Crippen LogP contribution in [-0.4, -0.2) is 25.4 Å². The summed E-state index contributed by atoms with van der Waals surface area (Å²) in [6.45, 7) is 1.03. The Kier molecular flexibility index (Phi) is 3.32. The molecule has 1 aliphatic rings. The van der Waals surface area contributed by atoms with Crippen molar-refractivity contribution < 1.29 is 14.3 Å². The topological polar surface area (TPSA) is 61.6 Å². The Bertz CT molecular complexity index is 132. The summed E-state index contributed by atoms with van der Waals surface area (Å²) in [5.41, 5.74) is 5.16. The second kappa shape index (κ2) is 4.31. The van der Waals surface area contributed by atoms with Crippen LogP contribution in [0.15, 0.2) is 0 Å². The number of carbonyl (C=O) groups excluding carboxylic acids is 1. The van der Waals surface area contributed by atoms with E-state index in [2.05, 4.69) is 0 Å². The molecule has 0 aliphatic carbocycles. The van der Waals surface area contributed by atoms with Gasteiger partial charge >= 0.3 is 5.97 Å². The van der Waals surface area contributed by atoms with Crippen molar-refractivity contribution in [3.63, 3.8) is 0 Å². The molecule has 1 rings (SSSR count). The van der Waals surface area contributed by atoms with Crippen LogP contribution in [0.1, 0.15) is 19.3 Å². The Morgan fingerprint density at radius 2 is 2.55 bits per heavy atom. The van der Waals surface area contributed by atoms with Crippen LogP contribution in [0.4, 0.5) is 0 Å². The van der Waals surface area contributed by atoms with Gasteiger partial charge in [-0.2, -0.15) is 0 Å². The minimum Gasteiger partial charge on any atom is -0.436 e. The molecule has 1 unspecified atom stereocenters. The second-order valence-corrected chi connectivity index (χ2v) is 2.47. The molecular formula is C7H13NO3. The molecule has 1 fully saturated rings. The summed E-state index contributed by atoms with van der Waals surface area (Å²) >= 11 is 0. The van der Waals surface area contributed by atoms with Crippen molar-refractivity contribution in [1.82, 2.24) is 0 Å². The molecular weight excluding hydrogens is 146 g/mol. The van der Waals surface area contributed by atoms with E-state index in [0.717, 1.165) is 12.8 Å². The molecule has 2 N–H and O–H groups in total. The fraction of sp³-hybridized carbons (Fsp3) is 0.857. The van der Waals surface area contributed by atoms with E-state index in [1.165, 1.54) is 0 Å². The lowest BCUT2D eigenvalue weighted by atomic mass is 10.3. The molecule has 1 aliphatic heterocycles. The Balaban J connectivity index is 2.13. The van der Waals surface area contributed by atoms with E-state index in [1.807, 2.05) is 0 Å². The SMILES string of the molecule is NCCC(=O)OC1CCCO1. The average Bonchev–Trinajstić information content (AvgIpc) is 2.40. The van der Waals surface area contributed by atoms with Gasteiger partial charge in [0, 0.05) is 13.0 Å². The van der Waals surface area contributed by atoms with Gasteiger partial charge in [0.2, 0.25) is 6.29 Å². The van der Waals surface area contributed by atoms with Crippen LogP contribution in [0.3, 0.4) is 0 Å². The zero-order valence-corrected chi connectivity index (χ0v) is 6.41. The minimum atomic E-state index is -0.311. The van der Waals surface area contributed by atoms with Gasteiger partial charge in [0.25, 0.3) is 0 Å². The first-order chi connectivity index (χ1) is 5.33. The molecule has 64 valence electrons. The standard InChI is InChI=1S/C7H13NO3/c8-4-3-6(9)11-7-2-1-5-10-7/h7H,1-5,8H2. The summed E-state index contributed by atoms with van der Waals surface area (Å²) in [5.74, 6) is -0.264. The average molecular weight is 159 g/mol. The van der Waals surface area contributed by atoms with E-state index in [4.69, 9.17) is 15.2 Å². The van der Waals surface area contributed by atoms with Gasteiger partial charge in [0.15, 0.2) is 0 Å². The van der Waals surface area contributed by atoms with E-state index in [1.54, 1.807) is 0 Å². The smallest absolute Gasteiger partial charge is 0.309 e. The first-order valence-corrected chi connectivity index (χ1v) is 3.84. The normalized spacial score (nSPS) is 23.5. The van der Waals surface area contributed by atoms with Gasteiger partial charge in [-0.1, -0.05) is 0 Å². The van der Waals surface area contributed by atoms with Crippen molar-refractivity contribution in [1.29, 1.82) is 0 Å². The van der Waals surface area contributed by atoms with Crippen LogP contribution in [0.2, 0.25) is 0 Å². The van der Waals surface area contributed by atoms with Gasteiger partial charge in [0.1, 0.15) is 0 Å². The third-order valence-corrected chi connectivity index (χ3v) is 1.50. The van der Waals surface area contributed by atoms with Crippen molar-refractivity contribution in [2.45, 2.75) is 25.6 Å². The zero-order valence-electron chi connectivity index (χ0n) is 6.41. The Morgan fingerprint density at radius 3 is 3.09 bits per heavy atom. The molecule has 1 saturated heterocycles. The molecule has 0 saturated carbocycles. The van der Waals surface area contributed by atoms with Gasteiger partial charge in [-0.15, -0.1) is 0 Å². The quantitative estimate of drug-likeness (QED) is 0.589. The van der Waals surface area contributed by atoms with Crippen molar-refractivity contribution in [2.24, 2.45) is 5.73 Å². The molecule has 0 amide bonds. The van der Waals surface area contributed by atoms with Crippen LogP contribution < -0.4 is 5.73 Å². The molecule has 4 heteroatoms. The lowest BCUT2D eigenvalue weighted by Gasteiger charge is -2.09. The molecule has 0 aromatic rings. The Labute approximate surface area is 65.7 Å². The Morgan fingerprint density at radius 1 is 1.73 bits per heavy atom. The third kappa shape index (κ3) is 2.86. The van der Waals surface area contributed by atoms with Gasteiger partial charge in [-0.3, -0.25) is 4.79 Å². The fourth-order valence-electron chi connectivity index (χ4n) is 0.964. The van der Waals surface area contributed by atoms with Gasteiger partial charge in [-0.25, -0.2) is 0 Å². The number of esters is 1. The van der Waals surface area contributed by atoms with Crippen LogP contribution in [0, 0.1) is 0 Å². The molecule has 4 nitrogen and oxygen atoms in total. The highest BCUT2D eigenvalue weighted by Gasteiger charge is 2.18. The number of rotatable bonds is 3. The lowest BCUT2D eigenvalue weighted by Crippen LogP contribution is -2.19. The molecule has 11 heavy (non-hydrogen) atoms. The third-order valence-electron chi connectivity index (χ3n) is 1.50. The number of carbonyl (C=O) groups is 1. The van der Waals surface area contributed by atoms with E-state index in [9.17, 15) is 4.79 Å². The summed E-state index contributed by atoms with van der Waals surface area (Å²) in [4.78, 5) is 10.8. The fourth-order valence-corrected chi connectivity index (χ4v) is 0.964. The summed E-state index contributed by atoms with van der Waals surface area (Å²) in [5, 5.41) is 0. The molecule has 0 aromatic heterocycles. The molecule has 1 heterocycles. The maximum Gasteiger partial charge on any atom is 0.309 e. The molecule has 0 radical (unpaired) electrons. The van der Waals surface area contributed by atoms with Crippen LogP contribution in [0.25, 0.3) is 0 Å². The number of hydrogen-bond donors (Lipinski definition) is 1. The van der Waals surface area contributed by atoms with E-state index in [0.29, 0.717) is 13.2 Å². The van der Waals surface area contributed by atoms with E-state index >= 15 is 0 Å². The first kappa shape index (κ1) is 8.49. The largest absolute Gasteiger partial charge is 0.436 e. The number of nitrogens with two attached hydrogens (primary N) is 1. The predicted octanol–water partition coefficient (Wildman–Crippen LogP) is 0.0149. The van der Waals surface area contributed by atoms with E-state index < -0.39 is 0 Å². The predicted molar refractivity (Wildman–Crippen MR) is 38.7 cm³/mol. The molecule has 0 spiro atoms. The summed E-state index contributed by atoms with van der Waals surface area (Å²) in [6.07, 6.45) is 1.76. The van der Waals surface area contributed by atoms with Crippen LogP contribution in [0.5, 0.6) is 0 Å². The van der Waals surface area contributed by atoms with Gasteiger partial charge in [-0.05, 0) is 6.42 Å². The maximum absolute atomic E-state index is 10.8. The van der Waals surface area contributed by atoms with E-state index in [-0.39, 0.29) is 18.7 Å². The summed E-state index contributed by atoms with van der Waals surface area (Å²) in [7, 11) is 0. The number of hydrogen-bond acceptors (Lipinski definition) is 4. The van der Waals surface area contributed by atoms with Crippen LogP contribution in [-0.2, 0) is 14.3 Å². The van der Waals surface area contributed by atoms with Crippen molar-refractivity contribution in [3.8, 4) is 0 Å². The highest BCUT2D eigenvalue weighted by Crippen LogP contribution is 2.13. The lowest BCUT2D eigenvalue weighted by molar-refractivity contribution is -0.169. The second-order valence-electron chi connectivity index (χ2n) is 2.47. The molecule has 0 bridgehead atoms. The highest BCUT2D eigenvalue weighted by atomic mass is 16.7. The summed E-state index contributed by atoms with van der Waals surface area (Å²) < 4.78 is 10.00. The van der Waals surface area contributed by atoms with Gasteiger partial charge < -0.3 is 15.2 Å². The molecule has 1 atom stereocenters. The molecule has 0 aromatic carbocycles. The minimum absolute atomic E-state index is 0.264. The van der Waals surface area contributed by atoms with Crippen molar-refractivity contribution in [2.75, 3.05) is 13.2 Å². The first-order valence-electron chi connectivity index (χ1n) is 3.84. The monoisotopic (exact) mass is 159 g/mol. The number of ether oxygens (including phenoxy) is 2. The zero-order chi connectivity index (χ0) is 8.10.